The van der Waals surface area contributed by atoms with Crippen molar-refractivity contribution in [2.24, 2.45) is 4.99 Å². The molecule has 114 valence electrons. The second kappa shape index (κ2) is 6.16. The molecule has 0 spiro atoms. The predicted octanol–water partition coefficient (Wildman–Crippen LogP) is 5.05. The van der Waals surface area contributed by atoms with Gasteiger partial charge < -0.3 is 5.32 Å². The fraction of sp³-hybridized carbons (Fsp3) is 0.0588. The zero-order valence-electron chi connectivity index (χ0n) is 12.1. The van der Waals surface area contributed by atoms with Gasteiger partial charge >= 0.3 is 0 Å². The Hall–Kier alpha value is -2.75. The fourth-order valence-electron chi connectivity index (χ4n) is 2.36. The van der Waals surface area contributed by atoms with Gasteiger partial charge in [-0.25, -0.2) is 14.2 Å². The molecule has 3 aromatic rings. The number of aryl methyl sites for hydroxylation is 1. The van der Waals surface area contributed by atoms with E-state index in [0.717, 1.165) is 16.3 Å². The molecule has 0 saturated carbocycles. The largest absolute Gasteiger partial charge is 0.337 e. The summed E-state index contributed by atoms with van der Waals surface area (Å²) in [4.78, 5) is 18.6. The molecule has 0 fully saturated rings. The summed E-state index contributed by atoms with van der Waals surface area (Å²) in [5, 5.41) is 4.72. The molecule has 1 heterocycles. The molecular formula is C17H11ClFN3O. The van der Waals surface area contributed by atoms with Gasteiger partial charge in [0.15, 0.2) is 0 Å². The van der Waals surface area contributed by atoms with E-state index < -0.39 is 5.82 Å². The molecule has 0 aliphatic heterocycles. The summed E-state index contributed by atoms with van der Waals surface area (Å²) in [6.45, 7) is 1.85. The maximum atomic E-state index is 14.0. The Kier molecular flexibility index (Phi) is 4.06. The average molecular weight is 328 g/mol. The molecule has 0 bridgehead atoms. The minimum absolute atomic E-state index is 0.260. The van der Waals surface area contributed by atoms with E-state index in [9.17, 15) is 9.18 Å². The highest BCUT2D eigenvalue weighted by Crippen LogP contribution is 2.34. The Morgan fingerprint density at radius 1 is 1.22 bits per heavy atom. The second-order valence-corrected chi connectivity index (χ2v) is 5.37. The molecule has 1 N–H and O–H groups in total. The van der Waals surface area contributed by atoms with Crippen molar-refractivity contribution in [3.05, 3.63) is 59.0 Å². The molecule has 0 aliphatic rings. The number of aliphatic imine (C=N–C) groups is 1. The summed E-state index contributed by atoms with van der Waals surface area (Å²) in [7, 11) is 0. The van der Waals surface area contributed by atoms with Crippen LogP contribution in [0.5, 0.6) is 0 Å². The third kappa shape index (κ3) is 2.93. The van der Waals surface area contributed by atoms with E-state index in [1.807, 2.05) is 19.1 Å². The monoisotopic (exact) mass is 327 g/mol. The lowest BCUT2D eigenvalue weighted by Crippen LogP contribution is -1.97. The molecule has 6 heteroatoms. The first-order chi connectivity index (χ1) is 11.1. The second-order valence-electron chi connectivity index (χ2n) is 4.94. The quantitative estimate of drug-likeness (QED) is 0.541. The van der Waals surface area contributed by atoms with Crippen LogP contribution in [0, 0.1) is 12.7 Å². The number of hydrogen-bond acceptors (Lipinski definition) is 4. The van der Waals surface area contributed by atoms with Crippen LogP contribution in [0.4, 0.5) is 21.6 Å². The van der Waals surface area contributed by atoms with E-state index in [4.69, 9.17) is 11.6 Å². The van der Waals surface area contributed by atoms with E-state index in [2.05, 4.69) is 15.3 Å². The molecule has 2 aromatic carbocycles. The minimum atomic E-state index is -0.477. The Balaban J connectivity index is 2.15. The standard InChI is InChI=1S/C17H11ClFN3O/c1-10-2-4-13-12(16(10)21-9-23)6-7-20-17(13)22-15-5-3-11(18)8-14(15)19/h2-8H,1H3,(H,20,22). The number of nitrogens with one attached hydrogen (secondary N) is 1. The number of nitrogens with zero attached hydrogens (tertiary/aromatic N) is 2. The summed E-state index contributed by atoms with van der Waals surface area (Å²) in [5.74, 6) is -0.0133. The highest BCUT2D eigenvalue weighted by molar-refractivity contribution is 6.30. The number of fused-ring (bicyclic) bond motifs is 1. The molecule has 0 unspecified atom stereocenters. The normalized spacial score (nSPS) is 10.4. The van der Waals surface area contributed by atoms with Crippen LogP contribution in [-0.2, 0) is 4.79 Å². The van der Waals surface area contributed by atoms with E-state index >= 15 is 0 Å². The van der Waals surface area contributed by atoms with Crippen molar-refractivity contribution in [2.45, 2.75) is 6.92 Å². The number of anilines is 2. The molecule has 0 saturated heterocycles. The van der Waals surface area contributed by atoms with Gasteiger partial charge in [0.2, 0.25) is 6.08 Å². The number of aromatic nitrogens is 1. The predicted molar refractivity (Wildman–Crippen MR) is 89.0 cm³/mol. The Labute approximate surface area is 136 Å². The lowest BCUT2D eigenvalue weighted by atomic mass is 10.1. The molecule has 1 aromatic heterocycles. The average Bonchev–Trinajstić information content (AvgIpc) is 2.53. The molecule has 4 nitrogen and oxygen atoms in total. The number of isocyanates is 1. The van der Waals surface area contributed by atoms with Gasteiger partial charge in [-0.05, 0) is 36.8 Å². The number of benzene rings is 2. The maximum absolute atomic E-state index is 14.0. The first-order valence-corrected chi connectivity index (χ1v) is 7.16. The van der Waals surface area contributed by atoms with Crippen molar-refractivity contribution in [1.82, 2.24) is 4.98 Å². The van der Waals surface area contributed by atoms with Gasteiger partial charge in [0.1, 0.15) is 11.6 Å². The minimum Gasteiger partial charge on any atom is -0.337 e. The van der Waals surface area contributed by atoms with Crippen LogP contribution in [0.15, 0.2) is 47.6 Å². The van der Waals surface area contributed by atoms with Crippen LogP contribution in [0.25, 0.3) is 10.8 Å². The Morgan fingerprint density at radius 3 is 2.78 bits per heavy atom. The zero-order chi connectivity index (χ0) is 16.4. The van der Waals surface area contributed by atoms with Crippen LogP contribution in [0.3, 0.4) is 0 Å². The highest BCUT2D eigenvalue weighted by atomic mass is 35.5. The van der Waals surface area contributed by atoms with Crippen molar-refractivity contribution in [2.75, 3.05) is 5.32 Å². The summed E-state index contributed by atoms with van der Waals surface area (Å²) < 4.78 is 14.0. The summed E-state index contributed by atoms with van der Waals surface area (Å²) in [6, 6.07) is 9.77. The van der Waals surface area contributed by atoms with E-state index in [0.29, 0.717) is 16.5 Å². The third-order valence-electron chi connectivity index (χ3n) is 3.46. The van der Waals surface area contributed by atoms with E-state index in [1.165, 1.54) is 12.1 Å². The lowest BCUT2D eigenvalue weighted by molar-refractivity contribution is 0.565. The lowest BCUT2D eigenvalue weighted by Gasteiger charge is -2.11. The topological polar surface area (TPSA) is 54.4 Å². The van der Waals surface area contributed by atoms with Crippen LogP contribution in [0.1, 0.15) is 5.56 Å². The number of carbonyl (C=O) groups excluding carboxylic acids is 1. The smallest absolute Gasteiger partial charge is 0.240 e. The van der Waals surface area contributed by atoms with Crippen molar-refractivity contribution < 1.29 is 9.18 Å². The highest BCUT2D eigenvalue weighted by Gasteiger charge is 2.10. The Bertz CT molecular complexity index is 952. The van der Waals surface area contributed by atoms with Gasteiger partial charge in [-0.1, -0.05) is 23.7 Å². The van der Waals surface area contributed by atoms with Gasteiger partial charge in [0.05, 0.1) is 11.4 Å². The van der Waals surface area contributed by atoms with Crippen LogP contribution in [0.2, 0.25) is 5.02 Å². The summed E-state index contributed by atoms with van der Waals surface area (Å²) in [6.07, 6.45) is 3.13. The van der Waals surface area contributed by atoms with Gasteiger partial charge in [-0.15, -0.1) is 0 Å². The first kappa shape index (κ1) is 15.2. The Morgan fingerprint density at radius 2 is 2.04 bits per heavy atom. The van der Waals surface area contributed by atoms with Crippen LogP contribution >= 0.6 is 11.6 Å². The molecule has 0 aliphatic carbocycles. The van der Waals surface area contributed by atoms with Gasteiger partial charge in [-0.3, -0.25) is 0 Å². The first-order valence-electron chi connectivity index (χ1n) is 6.78. The molecule has 23 heavy (non-hydrogen) atoms. The van der Waals surface area contributed by atoms with Crippen molar-refractivity contribution in [1.29, 1.82) is 0 Å². The maximum Gasteiger partial charge on any atom is 0.240 e. The molecular weight excluding hydrogens is 317 g/mol. The summed E-state index contributed by atoms with van der Waals surface area (Å²) >= 11 is 5.76. The third-order valence-corrected chi connectivity index (χ3v) is 3.70. The van der Waals surface area contributed by atoms with Crippen LogP contribution in [-0.4, -0.2) is 11.1 Å². The van der Waals surface area contributed by atoms with Crippen LogP contribution < -0.4 is 5.32 Å². The summed E-state index contributed by atoms with van der Waals surface area (Å²) in [5.41, 5.74) is 1.63. The van der Waals surface area contributed by atoms with Crippen molar-refractivity contribution >= 4 is 45.6 Å². The molecule has 0 amide bonds. The van der Waals surface area contributed by atoms with Crippen molar-refractivity contribution in [3.8, 4) is 0 Å². The number of hydrogen-bond donors (Lipinski definition) is 1. The molecule has 0 radical (unpaired) electrons. The van der Waals surface area contributed by atoms with Gasteiger partial charge in [-0.2, -0.15) is 4.99 Å². The number of rotatable bonds is 3. The van der Waals surface area contributed by atoms with Gasteiger partial charge in [0, 0.05) is 22.0 Å². The SMILES string of the molecule is Cc1ccc2c(Nc3ccc(Cl)cc3F)nccc2c1N=C=O. The van der Waals surface area contributed by atoms with E-state index in [-0.39, 0.29) is 5.69 Å². The fourth-order valence-corrected chi connectivity index (χ4v) is 2.52. The molecule has 0 atom stereocenters. The number of pyridine rings is 1. The zero-order valence-corrected chi connectivity index (χ0v) is 12.9. The van der Waals surface area contributed by atoms with E-state index in [1.54, 1.807) is 24.4 Å². The van der Waals surface area contributed by atoms with Gasteiger partial charge in [0.25, 0.3) is 0 Å². The van der Waals surface area contributed by atoms with Crippen molar-refractivity contribution in [3.63, 3.8) is 0 Å². The number of halogens is 2. The molecule has 3 rings (SSSR count).